The van der Waals surface area contributed by atoms with Crippen molar-refractivity contribution in [2.75, 3.05) is 19.8 Å². The Hall–Kier alpha value is -1.00. The summed E-state index contributed by atoms with van der Waals surface area (Å²) in [5, 5.41) is 3.39. The molecule has 3 nitrogen and oxygen atoms in total. The summed E-state index contributed by atoms with van der Waals surface area (Å²) in [4.78, 5) is 7.82. The van der Waals surface area contributed by atoms with E-state index in [0.29, 0.717) is 47.2 Å². The van der Waals surface area contributed by atoms with Gasteiger partial charge in [0.1, 0.15) is 6.17 Å². The zero-order valence-electron chi connectivity index (χ0n) is 22.5. The zero-order chi connectivity index (χ0) is 24.4. The van der Waals surface area contributed by atoms with Crippen LogP contribution in [0.4, 0.5) is 4.39 Å². The molecule has 8 atom stereocenters. The van der Waals surface area contributed by atoms with Crippen molar-refractivity contribution in [3.05, 3.63) is 24.3 Å². The summed E-state index contributed by atoms with van der Waals surface area (Å²) in [6, 6.07) is 0.966. The van der Waals surface area contributed by atoms with E-state index in [-0.39, 0.29) is 0 Å². The molecular formula is C31H48FN3. The Morgan fingerprint density at radius 3 is 2.71 bits per heavy atom. The smallest absolute Gasteiger partial charge is 0.114 e. The summed E-state index contributed by atoms with van der Waals surface area (Å²) in [6.07, 6.45) is 17.9. The largest absolute Gasteiger partial charge is 0.310 e. The molecular weight excluding hydrogens is 433 g/mol. The molecule has 6 fully saturated rings. The summed E-state index contributed by atoms with van der Waals surface area (Å²) in [7, 11) is 0. The first kappa shape index (κ1) is 24.3. The molecule has 1 heterocycles. The molecule has 1 aliphatic heterocycles. The van der Waals surface area contributed by atoms with E-state index in [1.54, 1.807) is 5.57 Å². The highest BCUT2D eigenvalue weighted by Crippen LogP contribution is 2.90. The van der Waals surface area contributed by atoms with E-state index >= 15 is 0 Å². The van der Waals surface area contributed by atoms with Crippen LogP contribution < -0.4 is 5.32 Å². The van der Waals surface area contributed by atoms with Crippen LogP contribution >= 0.6 is 0 Å². The summed E-state index contributed by atoms with van der Waals surface area (Å²) < 4.78 is 13.7. The second-order valence-electron chi connectivity index (χ2n) is 13.4. The van der Waals surface area contributed by atoms with Crippen molar-refractivity contribution in [2.24, 2.45) is 39.0 Å². The van der Waals surface area contributed by atoms with Crippen molar-refractivity contribution in [3.63, 3.8) is 0 Å². The van der Waals surface area contributed by atoms with E-state index in [1.165, 1.54) is 69.9 Å². The molecule has 0 bridgehead atoms. The highest BCUT2D eigenvalue weighted by molar-refractivity contribution is 5.85. The SMILES string of the molecule is C=C/C=C1/CCC23C4CCC(/C(C)=N/CN(CC5CC(F)CN5)C5CC5)C4(C)CCC2C13CCC. The molecule has 4 heteroatoms. The molecule has 1 saturated heterocycles. The van der Waals surface area contributed by atoms with Crippen molar-refractivity contribution in [1.82, 2.24) is 10.2 Å². The second kappa shape index (κ2) is 8.79. The number of allylic oxidation sites excluding steroid dienone is 3. The van der Waals surface area contributed by atoms with Crippen LogP contribution in [0.2, 0.25) is 0 Å². The van der Waals surface area contributed by atoms with Crippen molar-refractivity contribution < 1.29 is 4.39 Å². The fourth-order valence-corrected chi connectivity index (χ4v) is 10.6. The van der Waals surface area contributed by atoms with Crippen LogP contribution in [0, 0.1) is 34.0 Å². The van der Waals surface area contributed by atoms with Gasteiger partial charge in [-0.05, 0) is 93.8 Å². The third kappa shape index (κ3) is 3.51. The fraction of sp³-hybridized carbons (Fsp3) is 0.839. The highest BCUT2D eigenvalue weighted by atomic mass is 19.1. The van der Waals surface area contributed by atoms with Gasteiger partial charge in [-0.15, -0.1) is 0 Å². The first-order chi connectivity index (χ1) is 16.9. The average Bonchev–Trinajstić information content (AvgIpc) is 3.63. The first-order valence-corrected chi connectivity index (χ1v) is 14.8. The minimum absolute atomic E-state index is 0.297. The molecule has 35 heavy (non-hydrogen) atoms. The maximum absolute atomic E-state index is 13.7. The normalized spacial score (nSPS) is 47.7. The van der Waals surface area contributed by atoms with Gasteiger partial charge in [0.2, 0.25) is 0 Å². The van der Waals surface area contributed by atoms with E-state index < -0.39 is 6.17 Å². The molecule has 0 aromatic carbocycles. The number of halogens is 1. The van der Waals surface area contributed by atoms with Crippen molar-refractivity contribution in [3.8, 4) is 0 Å². The summed E-state index contributed by atoms with van der Waals surface area (Å²) in [5.41, 5.74) is 4.61. The summed E-state index contributed by atoms with van der Waals surface area (Å²) in [5.74, 6) is 2.42. The molecule has 0 amide bonds. The second-order valence-corrected chi connectivity index (χ2v) is 13.4. The Kier molecular flexibility index (Phi) is 6.11. The Morgan fingerprint density at radius 2 is 2.03 bits per heavy atom. The minimum Gasteiger partial charge on any atom is -0.310 e. The number of alkyl halides is 1. The highest BCUT2D eigenvalue weighted by Gasteiger charge is 2.84. The summed E-state index contributed by atoms with van der Waals surface area (Å²) in [6.45, 7) is 13.7. The van der Waals surface area contributed by atoms with Crippen molar-refractivity contribution >= 4 is 5.71 Å². The fourth-order valence-electron chi connectivity index (χ4n) is 10.6. The minimum atomic E-state index is -0.671. The van der Waals surface area contributed by atoms with Gasteiger partial charge in [0, 0.05) is 42.2 Å². The first-order valence-electron chi connectivity index (χ1n) is 14.8. The van der Waals surface area contributed by atoms with Gasteiger partial charge < -0.3 is 5.32 Å². The lowest BCUT2D eigenvalue weighted by Crippen LogP contribution is -2.41. The number of aliphatic imine (C=N–C) groups is 1. The number of hydrogen-bond donors (Lipinski definition) is 1. The van der Waals surface area contributed by atoms with Crippen LogP contribution in [0.15, 0.2) is 29.3 Å². The van der Waals surface area contributed by atoms with Gasteiger partial charge >= 0.3 is 0 Å². The number of hydrogen-bond acceptors (Lipinski definition) is 3. The van der Waals surface area contributed by atoms with Crippen molar-refractivity contribution in [1.29, 1.82) is 0 Å². The topological polar surface area (TPSA) is 27.6 Å². The lowest BCUT2D eigenvalue weighted by molar-refractivity contribution is 0.0524. The molecule has 5 saturated carbocycles. The van der Waals surface area contributed by atoms with Crippen LogP contribution in [0.3, 0.4) is 0 Å². The van der Waals surface area contributed by atoms with Crippen LogP contribution in [0.5, 0.6) is 0 Å². The van der Waals surface area contributed by atoms with Crippen LogP contribution in [-0.2, 0) is 0 Å². The molecule has 194 valence electrons. The van der Waals surface area contributed by atoms with Gasteiger partial charge in [-0.2, -0.15) is 0 Å². The number of nitrogens with zero attached hydrogens (tertiary/aromatic N) is 2. The van der Waals surface area contributed by atoms with Gasteiger partial charge in [-0.25, -0.2) is 4.39 Å². The third-order valence-electron chi connectivity index (χ3n) is 11.9. The molecule has 1 N–H and O–H groups in total. The Balaban J connectivity index is 1.19. The van der Waals surface area contributed by atoms with E-state index in [0.717, 1.165) is 25.0 Å². The monoisotopic (exact) mass is 481 g/mol. The molecule has 5 aliphatic carbocycles. The molecule has 6 aliphatic rings. The number of fused-ring (bicyclic) bond motifs is 2. The molecule has 0 aromatic rings. The number of rotatable bonds is 9. The molecule has 8 unspecified atom stereocenters. The van der Waals surface area contributed by atoms with Gasteiger partial charge in [0.25, 0.3) is 0 Å². The van der Waals surface area contributed by atoms with E-state index in [9.17, 15) is 4.39 Å². The maximum Gasteiger partial charge on any atom is 0.114 e. The molecule has 6 rings (SSSR count). The Labute approximate surface area is 213 Å². The molecule has 0 aromatic heterocycles. The third-order valence-corrected chi connectivity index (χ3v) is 11.9. The Morgan fingerprint density at radius 1 is 1.20 bits per heavy atom. The van der Waals surface area contributed by atoms with Crippen LogP contribution in [-0.4, -0.2) is 48.6 Å². The molecule has 0 radical (unpaired) electrons. The predicted molar refractivity (Wildman–Crippen MR) is 143 cm³/mol. The molecule has 1 spiro atoms. The van der Waals surface area contributed by atoms with Gasteiger partial charge in [0.15, 0.2) is 0 Å². The van der Waals surface area contributed by atoms with E-state index in [2.05, 4.69) is 49.7 Å². The number of nitrogens with one attached hydrogen (secondary N) is 1. The van der Waals surface area contributed by atoms with E-state index in [1.807, 2.05) is 0 Å². The van der Waals surface area contributed by atoms with Crippen LogP contribution in [0.1, 0.15) is 91.4 Å². The zero-order valence-corrected chi connectivity index (χ0v) is 22.5. The predicted octanol–water partition coefficient (Wildman–Crippen LogP) is 6.70. The lowest BCUT2D eigenvalue weighted by Gasteiger charge is -2.45. The average molecular weight is 482 g/mol. The van der Waals surface area contributed by atoms with Crippen LogP contribution in [0.25, 0.3) is 0 Å². The summed E-state index contributed by atoms with van der Waals surface area (Å²) >= 11 is 0. The van der Waals surface area contributed by atoms with Gasteiger partial charge in [0.05, 0.1) is 6.67 Å². The maximum atomic E-state index is 13.7. The van der Waals surface area contributed by atoms with Gasteiger partial charge in [-0.1, -0.05) is 44.6 Å². The standard InChI is InChI=1S/C31H48FN3/c1-5-7-22-12-16-31-27-11-10-26(29(27,4)15-13-28(31)30(22,31)14-6-2)21(3)34-20-35(25-8-9-25)19-24-17-23(32)18-33-24/h5,7,23-28,33H,1,6,8-20H2,2-4H3/b22-7-,34-21+. The van der Waals surface area contributed by atoms with E-state index in [4.69, 9.17) is 4.99 Å². The van der Waals surface area contributed by atoms with Gasteiger partial charge in [-0.3, -0.25) is 9.89 Å². The lowest BCUT2D eigenvalue weighted by atomic mass is 9.59. The van der Waals surface area contributed by atoms with Crippen molar-refractivity contribution in [2.45, 2.75) is 110 Å². The Bertz CT molecular complexity index is 907. The quantitative estimate of drug-likeness (QED) is 0.371.